The molecule has 0 saturated heterocycles. The first-order valence-corrected chi connectivity index (χ1v) is 6.85. The van der Waals surface area contributed by atoms with Gasteiger partial charge in [-0.2, -0.15) is 0 Å². The highest BCUT2D eigenvalue weighted by atomic mass is 32.1. The zero-order valence-corrected chi connectivity index (χ0v) is 10.7. The fourth-order valence-electron chi connectivity index (χ4n) is 1.60. The lowest BCUT2D eigenvalue weighted by atomic mass is 10.2. The lowest BCUT2D eigenvalue weighted by Gasteiger charge is -2.01. The monoisotopic (exact) mass is 276 g/mol. The third-order valence-electron chi connectivity index (χ3n) is 2.42. The third kappa shape index (κ3) is 2.07. The number of thiophene rings is 1. The average molecular weight is 276 g/mol. The number of carboxylic acids is 1. The van der Waals surface area contributed by atoms with E-state index in [9.17, 15) is 4.79 Å². The molecular formula is C12H8N2O2S2. The molecule has 0 unspecified atom stereocenters. The molecule has 18 heavy (non-hydrogen) atoms. The minimum absolute atomic E-state index is 0.231. The predicted octanol–water partition coefficient (Wildman–Crippen LogP) is 3.80. The van der Waals surface area contributed by atoms with Crippen LogP contribution in [0.2, 0.25) is 0 Å². The van der Waals surface area contributed by atoms with Crippen molar-refractivity contribution in [3.05, 3.63) is 40.7 Å². The molecule has 2 aromatic heterocycles. The van der Waals surface area contributed by atoms with Gasteiger partial charge in [0.25, 0.3) is 0 Å². The second-order valence-corrected chi connectivity index (χ2v) is 5.61. The summed E-state index contributed by atoms with van der Waals surface area (Å²) in [5.41, 5.74) is 0.909. The summed E-state index contributed by atoms with van der Waals surface area (Å²) < 4.78 is 1.23. The Bertz CT molecular complexity index is 718. The summed E-state index contributed by atoms with van der Waals surface area (Å²) in [4.78, 5) is 15.0. The van der Waals surface area contributed by atoms with Gasteiger partial charge in [-0.1, -0.05) is 11.3 Å². The Hall–Kier alpha value is -1.92. The van der Waals surface area contributed by atoms with Crippen LogP contribution >= 0.6 is 22.7 Å². The van der Waals surface area contributed by atoms with E-state index in [1.807, 2.05) is 23.6 Å². The first-order chi connectivity index (χ1) is 8.72. The van der Waals surface area contributed by atoms with E-state index in [-0.39, 0.29) is 4.88 Å². The lowest BCUT2D eigenvalue weighted by molar-refractivity contribution is 0.0702. The van der Waals surface area contributed by atoms with Crippen LogP contribution in [0.1, 0.15) is 9.67 Å². The smallest absolute Gasteiger partial charge is 0.347 e. The largest absolute Gasteiger partial charge is 0.477 e. The van der Waals surface area contributed by atoms with Crippen molar-refractivity contribution in [2.24, 2.45) is 0 Å². The van der Waals surface area contributed by atoms with Gasteiger partial charge in [0.1, 0.15) is 4.88 Å². The van der Waals surface area contributed by atoms with E-state index in [2.05, 4.69) is 16.4 Å². The van der Waals surface area contributed by atoms with Crippen molar-refractivity contribution in [1.29, 1.82) is 0 Å². The molecule has 2 N–H and O–H groups in total. The molecule has 1 aromatic carbocycles. The molecule has 0 amide bonds. The zero-order chi connectivity index (χ0) is 12.5. The lowest BCUT2D eigenvalue weighted by Crippen LogP contribution is -1.90. The molecule has 0 bridgehead atoms. The molecule has 0 radical (unpaired) electrons. The number of thiazole rings is 1. The number of rotatable bonds is 3. The maximum Gasteiger partial charge on any atom is 0.347 e. The normalized spacial score (nSPS) is 10.7. The summed E-state index contributed by atoms with van der Waals surface area (Å²) in [6.07, 6.45) is 1.36. The number of hydrogen-bond acceptors (Lipinski definition) is 5. The quantitative estimate of drug-likeness (QED) is 0.763. The number of benzene rings is 1. The van der Waals surface area contributed by atoms with Crippen molar-refractivity contribution in [3.63, 3.8) is 0 Å². The van der Waals surface area contributed by atoms with Crippen LogP contribution in [0, 0.1) is 0 Å². The van der Waals surface area contributed by atoms with E-state index in [0.29, 0.717) is 5.13 Å². The molecule has 0 aliphatic heterocycles. The number of aromatic nitrogens is 1. The zero-order valence-electron chi connectivity index (χ0n) is 9.08. The summed E-state index contributed by atoms with van der Waals surface area (Å²) in [6, 6.07) is 8.07. The highest BCUT2D eigenvalue weighted by molar-refractivity contribution is 7.17. The standard InChI is InChI=1S/C12H8N2O2S2/c15-11(16)10-6-13-12(18-10)14-8-1-2-9-7(5-8)3-4-17-9/h1-6H,(H,13,14)(H,15,16). The highest BCUT2D eigenvalue weighted by Gasteiger charge is 2.08. The molecule has 90 valence electrons. The number of nitrogens with zero attached hydrogens (tertiary/aromatic N) is 1. The van der Waals surface area contributed by atoms with E-state index in [1.54, 1.807) is 11.3 Å². The molecule has 0 fully saturated rings. The number of fused-ring (bicyclic) bond motifs is 1. The molecule has 2 heterocycles. The van der Waals surface area contributed by atoms with Gasteiger partial charge in [0.05, 0.1) is 6.20 Å². The molecule has 0 aliphatic carbocycles. The van der Waals surface area contributed by atoms with Crippen LogP contribution in [0.15, 0.2) is 35.8 Å². The van der Waals surface area contributed by atoms with Gasteiger partial charge in [0, 0.05) is 10.4 Å². The molecule has 3 aromatic rings. The van der Waals surface area contributed by atoms with Gasteiger partial charge in [-0.15, -0.1) is 11.3 Å². The molecule has 0 atom stereocenters. The third-order valence-corrected chi connectivity index (χ3v) is 4.22. The average Bonchev–Trinajstić information content (AvgIpc) is 2.96. The number of aromatic carboxylic acids is 1. The molecule has 6 heteroatoms. The predicted molar refractivity (Wildman–Crippen MR) is 74.2 cm³/mol. The minimum Gasteiger partial charge on any atom is -0.477 e. The molecule has 4 nitrogen and oxygen atoms in total. The van der Waals surface area contributed by atoms with Gasteiger partial charge in [0.15, 0.2) is 5.13 Å². The summed E-state index contributed by atoms with van der Waals surface area (Å²) in [5, 5.41) is 15.7. The van der Waals surface area contributed by atoms with Crippen LogP contribution in [0.3, 0.4) is 0 Å². The second-order valence-electron chi connectivity index (χ2n) is 3.63. The van der Waals surface area contributed by atoms with Crippen molar-refractivity contribution in [2.75, 3.05) is 5.32 Å². The van der Waals surface area contributed by atoms with Crippen molar-refractivity contribution >= 4 is 49.5 Å². The Labute approximate surface area is 111 Å². The number of carbonyl (C=O) groups is 1. The number of anilines is 2. The van der Waals surface area contributed by atoms with Crippen LogP contribution < -0.4 is 5.32 Å². The van der Waals surface area contributed by atoms with Crippen molar-refractivity contribution in [2.45, 2.75) is 0 Å². The maximum atomic E-state index is 10.8. The van der Waals surface area contributed by atoms with Gasteiger partial charge in [-0.25, -0.2) is 9.78 Å². The first-order valence-electron chi connectivity index (χ1n) is 5.16. The topological polar surface area (TPSA) is 62.2 Å². The SMILES string of the molecule is O=C(O)c1cnc(Nc2ccc3sccc3c2)s1. The van der Waals surface area contributed by atoms with E-state index in [4.69, 9.17) is 5.11 Å². The maximum absolute atomic E-state index is 10.8. The highest BCUT2D eigenvalue weighted by Crippen LogP contribution is 2.27. The van der Waals surface area contributed by atoms with Crippen molar-refractivity contribution in [3.8, 4) is 0 Å². The molecular weight excluding hydrogens is 268 g/mol. The Morgan fingerprint density at radius 3 is 3.00 bits per heavy atom. The molecule has 0 saturated carbocycles. The minimum atomic E-state index is -0.950. The Kier molecular flexibility index (Phi) is 2.73. The number of nitrogens with one attached hydrogen (secondary N) is 1. The van der Waals surface area contributed by atoms with Crippen molar-refractivity contribution in [1.82, 2.24) is 4.98 Å². The van der Waals surface area contributed by atoms with Gasteiger partial charge >= 0.3 is 5.97 Å². The van der Waals surface area contributed by atoms with Crippen LogP contribution in [0.25, 0.3) is 10.1 Å². The summed E-state index contributed by atoms with van der Waals surface area (Å²) in [7, 11) is 0. The van der Waals surface area contributed by atoms with Crippen LogP contribution in [-0.2, 0) is 0 Å². The summed E-state index contributed by atoms with van der Waals surface area (Å²) >= 11 is 2.82. The van der Waals surface area contributed by atoms with E-state index in [0.717, 1.165) is 17.0 Å². The Balaban J connectivity index is 1.88. The summed E-state index contributed by atoms with van der Waals surface area (Å²) in [5.74, 6) is -0.950. The first kappa shape index (κ1) is 11.2. The van der Waals surface area contributed by atoms with Gasteiger partial charge in [-0.05, 0) is 35.0 Å². The summed E-state index contributed by atoms with van der Waals surface area (Å²) in [6.45, 7) is 0. The van der Waals surface area contributed by atoms with E-state index in [1.165, 1.54) is 16.3 Å². The van der Waals surface area contributed by atoms with Gasteiger partial charge in [0.2, 0.25) is 0 Å². The van der Waals surface area contributed by atoms with Gasteiger partial charge in [-0.3, -0.25) is 0 Å². The van der Waals surface area contributed by atoms with E-state index >= 15 is 0 Å². The fraction of sp³-hybridized carbons (Fsp3) is 0. The van der Waals surface area contributed by atoms with Crippen LogP contribution in [-0.4, -0.2) is 16.1 Å². The second kappa shape index (κ2) is 4.40. The Morgan fingerprint density at radius 2 is 2.22 bits per heavy atom. The molecule has 3 rings (SSSR count). The van der Waals surface area contributed by atoms with Crippen LogP contribution in [0.4, 0.5) is 10.8 Å². The van der Waals surface area contributed by atoms with E-state index < -0.39 is 5.97 Å². The number of carboxylic acid groups (broad SMARTS) is 1. The Morgan fingerprint density at radius 1 is 1.33 bits per heavy atom. The van der Waals surface area contributed by atoms with Gasteiger partial charge < -0.3 is 10.4 Å². The van der Waals surface area contributed by atoms with Crippen LogP contribution in [0.5, 0.6) is 0 Å². The van der Waals surface area contributed by atoms with Crippen molar-refractivity contribution < 1.29 is 9.90 Å². The molecule has 0 aliphatic rings. The molecule has 0 spiro atoms. The fourth-order valence-corrected chi connectivity index (χ4v) is 3.04. The number of hydrogen-bond donors (Lipinski definition) is 2.